The molecule has 2 aliphatic rings. The lowest BCUT2D eigenvalue weighted by Crippen LogP contribution is -2.43. The van der Waals surface area contributed by atoms with Gasteiger partial charge in [0.2, 0.25) is 5.91 Å². The number of nitrogens with two attached hydrogens (primary N) is 1. The molecule has 0 saturated heterocycles. The Bertz CT molecular complexity index is 440. The van der Waals surface area contributed by atoms with Crippen molar-refractivity contribution < 1.29 is 14.7 Å². The molecule has 0 aromatic rings. The molecule has 1 amide bonds. The van der Waals surface area contributed by atoms with Crippen LogP contribution in [0.3, 0.4) is 0 Å². The highest BCUT2D eigenvalue weighted by atomic mass is 16.4. The number of amides is 1. The Morgan fingerprint density at radius 2 is 2.09 bits per heavy atom. The molecule has 0 aromatic heterocycles. The number of nitrogens with one attached hydrogen (secondary N) is 1. The number of carbonyl (C=O) groups excluding carboxylic acids is 1. The Kier molecular flexibility index (Phi) is 5.15. The third-order valence-electron chi connectivity index (χ3n) is 5.61. The van der Waals surface area contributed by atoms with Crippen molar-refractivity contribution in [1.82, 2.24) is 5.32 Å². The number of fused-ring (bicyclic) bond motifs is 2. The summed E-state index contributed by atoms with van der Waals surface area (Å²) in [5, 5.41) is 11.5. The molecule has 2 bridgehead atoms. The monoisotopic (exact) mass is 310 g/mol. The second-order valence-corrected chi connectivity index (χ2v) is 8.19. The zero-order chi connectivity index (χ0) is 16.4. The van der Waals surface area contributed by atoms with Crippen LogP contribution < -0.4 is 11.1 Å². The number of aliphatic carboxylic acids is 1. The van der Waals surface area contributed by atoms with Gasteiger partial charge >= 0.3 is 5.97 Å². The molecule has 5 heteroatoms. The maximum atomic E-state index is 11.9. The number of rotatable bonds is 7. The van der Waals surface area contributed by atoms with Crippen molar-refractivity contribution >= 4 is 11.9 Å². The molecule has 4 N–H and O–H groups in total. The molecule has 0 heterocycles. The second kappa shape index (κ2) is 6.57. The van der Waals surface area contributed by atoms with Gasteiger partial charge in [0.05, 0.1) is 6.04 Å². The fraction of sp³-hybridized carbons (Fsp3) is 0.882. The molecule has 2 aliphatic carbocycles. The standard InChI is InChI=1S/C17H30N2O3/c1-16-6-5-12(9-16)10-17(2,11-16)7-8-19-15(22)13(18)3-4-14(20)21/h12-13H,3-11,18H2,1-2H3,(H,19,22)(H,20,21). The first-order chi connectivity index (χ1) is 10.2. The third kappa shape index (κ3) is 4.45. The highest BCUT2D eigenvalue weighted by Gasteiger charge is 2.47. The summed E-state index contributed by atoms with van der Waals surface area (Å²) in [5.41, 5.74) is 6.53. The van der Waals surface area contributed by atoms with Gasteiger partial charge in [-0.3, -0.25) is 9.59 Å². The van der Waals surface area contributed by atoms with Gasteiger partial charge in [-0.1, -0.05) is 13.8 Å². The van der Waals surface area contributed by atoms with Gasteiger partial charge in [0, 0.05) is 13.0 Å². The van der Waals surface area contributed by atoms with Crippen LogP contribution in [0.1, 0.15) is 65.2 Å². The van der Waals surface area contributed by atoms with Crippen molar-refractivity contribution in [3.63, 3.8) is 0 Å². The summed E-state index contributed by atoms with van der Waals surface area (Å²) in [4.78, 5) is 22.4. The summed E-state index contributed by atoms with van der Waals surface area (Å²) in [6.07, 6.45) is 7.70. The maximum absolute atomic E-state index is 11.9. The van der Waals surface area contributed by atoms with Crippen LogP contribution in [0.15, 0.2) is 0 Å². The van der Waals surface area contributed by atoms with Crippen molar-refractivity contribution in [2.24, 2.45) is 22.5 Å². The number of carbonyl (C=O) groups is 2. The molecular formula is C17H30N2O3. The topological polar surface area (TPSA) is 92.4 Å². The summed E-state index contributed by atoms with van der Waals surface area (Å²) >= 11 is 0. The van der Waals surface area contributed by atoms with Crippen LogP contribution in [0.5, 0.6) is 0 Å². The maximum Gasteiger partial charge on any atom is 0.303 e. The first-order valence-electron chi connectivity index (χ1n) is 8.47. The lowest BCUT2D eigenvalue weighted by Gasteiger charge is -2.43. The number of hydrogen-bond donors (Lipinski definition) is 3. The first-order valence-corrected chi connectivity index (χ1v) is 8.47. The Morgan fingerprint density at radius 3 is 2.73 bits per heavy atom. The Hall–Kier alpha value is -1.10. The van der Waals surface area contributed by atoms with E-state index < -0.39 is 12.0 Å². The minimum atomic E-state index is -0.915. The van der Waals surface area contributed by atoms with E-state index in [-0.39, 0.29) is 18.7 Å². The van der Waals surface area contributed by atoms with Crippen molar-refractivity contribution in [1.29, 1.82) is 0 Å². The number of hydrogen-bond acceptors (Lipinski definition) is 3. The molecular weight excluding hydrogens is 280 g/mol. The normalized spacial score (nSPS) is 35.1. The summed E-state index contributed by atoms with van der Waals surface area (Å²) in [7, 11) is 0. The van der Waals surface area contributed by atoms with Crippen LogP contribution in [-0.4, -0.2) is 29.6 Å². The summed E-state index contributed by atoms with van der Waals surface area (Å²) < 4.78 is 0. The summed E-state index contributed by atoms with van der Waals surface area (Å²) in [5.74, 6) is -0.284. The molecule has 4 atom stereocenters. The van der Waals surface area contributed by atoms with Gasteiger partial charge in [-0.15, -0.1) is 0 Å². The fourth-order valence-electron chi connectivity index (χ4n) is 4.81. The zero-order valence-electron chi connectivity index (χ0n) is 13.9. The van der Waals surface area contributed by atoms with Gasteiger partial charge in [-0.25, -0.2) is 0 Å². The lowest BCUT2D eigenvalue weighted by molar-refractivity contribution is -0.137. The Labute approximate surface area is 133 Å². The average Bonchev–Trinajstić information content (AvgIpc) is 2.69. The molecule has 0 aliphatic heterocycles. The predicted octanol–water partition coefficient (Wildman–Crippen LogP) is 2.29. The minimum Gasteiger partial charge on any atom is -0.481 e. The molecule has 126 valence electrons. The van der Waals surface area contributed by atoms with Crippen molar-refractivity contribution in [2.75, 3.05) is 6.54 Å². The average molecular weight is 310 g/mol. The minimum absolute atomic E-state index is 0.0632. The van der Waals surface area contributed by atoms with Crippen LogP contribution >= 0.6 is 0 Å². The quantitative estimate of drug-likeness (QED) is 0.672. The van der Waals surface area contributed by atoms with Gasteiger partial charge in [-0.05, 0) is 61.7 Å². The van der Waals surface area contributed by atoms with E-state index in [4.69, 9.17) is 10.8 Å². The van der Waals surface area contributed by atoms with Gasteiger partial charge in [0.1, 0.15) is 0 Å². The first kappa shape index (κ1) is 17.3. The lowest BCUT2D eigenvalue weighted by atomic mass is 9.63. The zero-order valence-corrected chi connectivity index (χ0v) is 13.9. The van der Waals surface area contributed by atoms with E-state index in [1.807, 2.05) is 0 Å². The van der Waals surface area contributed by atoms with Gasteiger partial charge in [0.15, 0.2) is 0 Å². The molecule has 5 nitrogen and oxygen atoms in total. The van der Waals surface area contributed by atoms with Crippen LogP contribution in [0.4, 0.5) is 0 Å². The third-order valence-corrected chi connectivity index (χ3v) is 5.61. The van der Waals surface area contributed by atoms with E-state index in [1.54, 1.807) is 0 Å². The SMILES string of the molecule is CC1(CCNC(=O)C(N)CCC(=O)O)CC2CCC(C)(C2)C1. The molecule has 2 rings (SSSR count). The fourth-order valence-corrected chi connectivity index (χ4v) is 4.81. The van der Waals surface area contributed by atoms with E-state index in [0.717, 1.165) is 12.3 Å². The van der Waals surface area contributed by atoms with Crippen molar-refractivity contribution in [2.45, 2.75) is 71.3 Å². The Balaban J connectivity index is 1.74. The van der Waals surface area contributed by atoms with E-state index >= 15 is 0 Å². The smallest absolute Gasteiger partial charge is 0.303 e. The van der Waals surface area contributed by atoms with E-state index in [1.165, 1.54) is 32.1 Å². The van der Waals surface area contributed by atoms with Crippen LogP contribution in [0, 0.1) is 16.7 Å². The van der Waals surface area contributed by atoms with Crippen molar-refractivity contribution in [3.8, 4) is 0 Å². The van der Waals surface area contributed by atoms with Crippen LogP contribution in [0.25, 0.3) is 0 Å². The molecule has 2 saturated carbocycles. The van der Waals surface area contributed by atoms with Crippen molar-refractivity contribution in [3.05, 3.63) is 0 Å². The van der Waals surface area contributed by atoms with Gasteiger partial charge < -0.3 is 16.2 Å². The summed E-state index contributed by atoms with van der Waals surface area (Å²) in [6, 6.07) is -0.719. The van der Waals surface area contributed by atoms with E-state index in [9.17, 15) is 9.59 Å². The highest BCUT2D eigenvalue weighted by Crippen LogP contribution is 2.58. The van der Waals surface area contributed by atoms with E-state index in [2.05, 4.69) is 19.2 Å². The van der Waals surface area contributed by atoms with Gasteiger partial charge in [0.25, 0.3) is 0 Å². The molecule has 0 aromatic carbocycles. The van der Waals surface area contributed by atoms with Crippen LogP contribution in [-0.2, 0) is 9.59 Å². The molecule has 4 unspecified atom stereocenters. The Morgan fingerprint density at radius 1 is 1.36 bits per heavy atom. The molecule has 22 heavy (non-hydrogen) atoms. The predicted molar refractivity (Wildman–Crippen MR) is 85.3 cm³/mol. The molecule has 0 radical (unpaired) electrons. The van der Waals surface area contributed by atoms with Gasteiger partial charge in [-0.2, -0.15) is 0 Å². The summed E-state index contributed by atoms with van der Waals surface area (Å²) in [6.45, 7) is 5.39. The molecule has 2 fully saturated rings. The molecule has 0 spiro atoms. The highest BCUT2D eigenvalue weighted by molar-refractivity contribution is 5.82. The second-order valence-electron chi connectivity index (χ2n) is 8.19. The van der Waals surface area contributed by atoms with Crippen LogP contribution in [0.2, 0.25) is 0 Å². The number of carboxylic acid groups (broad SMARTS) is 1. The number of carboxylic acids is 1. The largest absolute Gasteiger partial charge is 0.481 e. The van der Waals surface area contributed by atoms with E-state index in [0.29, 0.717) is 17.4 Å².